The highest BCUT2D eigenvalue weighted by Crippen LogP contribution is 2.16. The number of likely N-dealkylation sites (tertiary alicyclic amines) is 1. The molecule has 7 heteroatoms. The molecule has 22 heavy (non-hydrogen) atoms. The smallest absolute Gasteiger partial charge is 0.270 e. The maximum atomic E-state index is 12.0. The molecule has 0 radical (unpaired) electrons. The molecular weight excluding hydrogens is 300 g/mol. The molecule has 122 valence electrons. The van der Waals surface area contributed by atoms with Crippen molar-refractivity contribution in [1.29, 1.82) is 0 Å². The van der Waals surface area contributed by atoms with E-state index < -0.39 is 0 Å². The van der Waals surface area contributed by atoms with E-state index in [0.717, 1.165) is 18.9 Å². The normalized spacial score (nSPS) is 18.9. The number of nitrogens with one attached hydrogen (secondary N) is 2. The molecule has 1 aliphatic heterocycles. The van der Waals surface area contributed by atoms with Crippen LogP contribution >= 0.6 is 11.3 Å². The first-order valence-electron chi connectivity index (χ1n) is 7.78. The van der Waals surface area contributed by atoms with Crippen LogP contribution < -0.4 is 10.6 Å². The number of rotatable bonds is 6. The van der Waals surface area contributed by atoms with Gasteiger partial charge in [0.2, 0.25) is 5.91 Å². The van der Waals surface area contributed by atoms with Gasteiger partial charge in [-0.15, -0.1) is 11.3 Å². The minimum Gasteiger partial charge on any atom is -0.351 e. The topological polar surface area (TPSA) is 74.3 Å². The van der Waals surface area contributed by atoms with Crippen LogP contribution in [0.2, 0.25) is 0 Å². The number of thiazole rings is 1. The first-order valence-corrected chi connectivity index (χ1v) is 8.66. The fraction of sp³-hybridized carbons (Fsp3) is 0.667. The number of amides is 2. The number of hydrogen-bond donors (Lipinski definition) is 2. The molecule has 1 atom stereocenters. The molecule has 1 fully saturated rings. The summed E-state index contributed by atoms with van der Waals surface area (Å²) in [6.07, 6.45) is 3.55. The molecule has 1 aromatic heterocycles. The SMILES string of the molecule is CC(=O)Nc1nc(C(=O)NCCCN2CCC[C@H](C)C2)cs1. The molecular formula is C15H24N4O2S. The van der Waals surface area contributed by atoms with Crippen molar-refractivity contribution in [1.82, 2.24) is 15.2 Å². The van der Waals surface area contributed by atoms with Crippen LogP contribution in [0.1, 0.15) is 43.6 Å². The van der Waals surface area contributed by atoms with Gasteiger partial charge in [-0.25, -0.2) is 4.98 Å². The molecule has 2 rings (SSSR count). The Hall–Kier alpha value is -1.47. The first-order chi connectivity index (χ1) is 10.5. The second-order valence-electron chi connectivity index (χ2n) is 5.88. The molecule has 0 saturated carbocycles. The zero-order chi connectivity index (χ0) is 15.9. The molecule has 0 spiro atoms. The van der Waals surface area contributed by atoms with E-state index in [1.165, 1.54) is 44.2 Å². The number of piperidine rings is 1. The van der Waals surface area contributed by atoms with Crippen molar-refractivity contribution in [3.63, 3.8) is 0 Å². The molecule has 2 N–H and O–H groups in total. The summed E-state index contributed by atoms with van der Waals surface area (Å²) in [7, 11) is 0. The van der Waals surface area contributed by atoms with Crippen LogP contribution in [0, 0.1) is 5.92 Å². The lowest BCUT2D eigenvalue weighted by Gasteiger charge is -2.30. The third-order valence-corrected chi connectivity index (χ3v) is 4.46. The summed E-state index contributed by atoms with van der Waals surface area (Å²) >= 11 is 1.26. The van der Waals surface area contributed by atoms with Crippen molar-refractivity contribution < 1.29 is 9.59 Å². The lowest BCUT2D eigenvalue weighted by Crippen LogP contribution is -2.36. The quantitative estimate of drug-likeness (QED) is 0.785. The molecule has 6 nitrogen and oxygen atoms in total. The van der Waals surface area contributed by atoms with Crippen LogP contribution in [-0.4, -0.2) is 47.9 Å². The Morgan fingerprint density at radius 2 is 2.32 bits per heavy atom. The van der Waals surface area contributed by atoms with Crippen LogP contribution in [0.5, 0.6) is 0 Å². The fourth-order valence-corrected chi connectivity index (χ4v) is 3.41. The van der Waals surface area contributed by atoms with Crippen LogP contribution in [0.25, 0.3) is 0 Å². The summed E-state index contributed by atoms with van der Waals surface area (Å²) in [4.78, 5) is 29.4. The van der Waals surface area contributed by atoms with E-state index in [1.807, 2.05) is 0 Å². The van der Waals surface area contributed by atoms with E-state index in [4.69, 9.17) is 0 Å². The standard InChI is InChI=1S/C15H24N4O2S/c1-11-5-3-7-19(9-11)8-4-6-16-14(21)13-10-22-15(18-13)17-12(2)20/h10-11H,3-9H2,1-2H3,(H,16,21)(H,17,18,20)/t11-/m0/s1. The van der Waals surface area contributed by atoms with Gasteiger partial charge < -0.3 is 15.5 Å². The van der Waals surface area contributed by atoms with E-state index >= 15 is 0 Å². The minimum atomic E-state index is -0.183. The highest BCUT2D eigenvalue weighted by molar-refractivity contribution is 7.14. The van der Waals surface area contributed by atoms with E-state index in [2.05, 4.69) is 27.4 Å². The van der Waals surface area contributed by atoms with Crippen molar-refractivity contribution in [3.8, 4) is 0 Å². The molecule has 0 unspecified atom stereocenters. The number of carbonyl (C=O) groups excluding carboxylic acids is 2. The fourth-order valence-electron chi connectivity index (χ4n) is 2.67. The van der Waals surface area contributed by atoms with E-state index in [9.17, 15) is 9.59 Å². The van der Waals surface area contributed by atoms with E-state index in [0.29, 0.717) is 17.4 Å². The first kappa shape index (κ1) is 16.9. The number of nitrogens with zero attached hydrogens (tertiary/aromatic N) is 2. The zero-order valence-corrected chi connectivity index (χ0v) is 14.0. The monoisotopic (exact) mass is 324 g/mol. The average Bonchev–Trinajstić information content (AvgIpc) is 2.91. The van der Waals surface area contributed by atoms with Crippen molar-refractivity contribution in [2.45, 2.75) is 33.1 Å². The van der Waals surface area contributed by atoms with Gasteiger partial charge in [0.1, 0.15) is 5.69 Å². The minimum absolute atomic E-state index is 0.181. The third kappa shape index (κ3) is 5.38. The predicted octanol–water partition coefficient (Wildman–Crippen LogP) is 1.95. The summed E-state index contributed by atoms with van der Waals surface area (Å²) in [5, 5.41) is 7.58. The van der Waals surface area contributed by atoms with Gasteiger partial charge in [0.25, 0.3) is 5.91 Å². The average molecular weight is 324 g/mol. The largest absolute Gasteiger partial charge is 0.351 e. The van der Waals surface area contributed by atoms with E-state index in [-0.39, 0.29) is 11.8 Å². The highest BCUT2D eigenvalue weighted by Gasteiger charge is 2.16. The summed E-state index contributed by atoms with van der Waals surface area (Å²) in [5.74, 6) is 0.419. The Morgan fingerprint density at radius 3 is 3.05 bits per heavy atom. The van der Waals surface area contributed by atoms with Crippen molar-refractivity contribution in [2.24, 2.45) is 5.92 Å². The number of anilines is 1. The molecule has 1 aromatic rings. The predicted molar refractivity (Wildman–Crippen MR) is 88.2 cm³/mol. The van der Waals surface area contributed by atoms with Gasteiger partial charge >= 0.3 is 0 Å². The maximum absolute atomic E-state index is 12.0. The van der Waals surface area contributed by atoms with Gasteiger partial charge in [-0.2, -0.15) is 0 Å². The van der Waals surface area contributed by atoms with Gasteiger partial charge in [0.15, 0.2) is 5.13 Å². The molecule has 0 bridgehead atoms. The van der Waals surface area contributed by atoms with Gasteiger partial charge in [0, 0.05) is 25.4 Å². The molecule has 2 amide bonds. The lowest BCUT2D eigenvalue weighted by molar-refractivity contribution is -0.114. The second kappa shape index (κ2) is 8.24. The molecule has 1 saturated heterocycles. The maximum Gasteiger partial charge on any atom is 0.270 e. The highest BCUT2D eigenvalue weighted by atomic mass is 32.1. The van der Waals surface area contributed by atoms with Gasteiger partial charge in [-0.3, -0.25) is 9.59 Å². The molecule has 0 aliphatic carbocycles. The Morgan fingerprint density at radius 1 is 1.50 bits per heavy atom. The summed E-state index contributed by atoms with van der Waals surface area (Å²) in [6.45, 7) is 7.73. The van der Waals surface area contributed by atoms with Crippen LogP contribution in [0.4, 0.5) is 5.13 Å². The van der Waals surface area contributed by atoms with Crippen molar-refractivity contribution in [3.05, 3.63) is 11.1 Å². The third-order valence-electron chi connectivity index (χ3n) is 3.70. The zero-order valence-electron chi connectivity index (χ0n) is 13.2. The van der Waals surface area contributed by atoms with Gasteiger partial charge in [0.05, 0.1) is 0 Å². The van der Waals surface area contributed by atoms with Crippen LogP contribution in [0.15, 0.2) is 5.38 Å². The lowest BCUT2D eigenvalue weighted by atomic mass is 10.0. The Labute approximate surface area is 135 Å². The Bertz CT molecular complexity index is 517. The van der Waals surface area contributed by atoms with Crippen molar-refractivity contribution >= 4 is 28.3 Å². The Balaban J connectivity index is 1.67. The molecule has 2 heterocycles. The van der Waals surface area contributed by atoms with Crippen molar-refractivity contribution in [2.75, 3.05) is 31.5 Å². The van der Waals surface area contributed by atoms with Gasteiger partial charge in [-0.05, 0) is 38.3 Å². The second-order valence-corrected chi connectivity index (χ2v) is 6.73. The summed E-state index contributed by atoms with van der Waals surface area (Å²) in [5.41, 5.74) is 0.361. The number of hydrogen-bond acceptors (Lipinski definition) is 5. The number of carbonyl (C=O) groups is 2. The van der Waals surface area contributed by atoms with Crippen LogP contribution in [0.3, 0.4) is 0 Å². The van der Waals surface area contributed by atoms with Crippen LogP contribution in [-0.2, 0) is 4.79 Å². The Kier molecular flexibility index (Phi) is 6.33. The summed E-state index contributed by atoms with van der Waals surface area (Å²) in [6, 6.07) is 0. The van der Waals surface area contributed by atoms with Gasteiger partial charge in [-0.1, -0.05) is 6.92 Å². The van der Waals surface area contributed by atoms with E-state index in [1.54, 1.807) is 5.38 Å². The summed E-state index contributed by atoms with van der Waals surface area (Å²) < 4.78 is 0. The number of aromatic nitrogens is 1. The molecule has 0 aromatic carbocycles. The molecule has 1 aliphatic rings.